The van der Waals surface area contributed by atoms with Crippen molar-refractivity contribution in [2.75, 3.05) is 33.8 Å². The van der Waals surface area contributed by atoms with Crippen LogP contribution in [0.4, 0.5) is 0 Å². The van der Waals surface area contributed by atoms with E-state index in [1.807, 2.05) is 36.3 Å². The number of likely N-dealkylation sites (tertiary alicyclic amines) is 1. The summed E-state index contributed by atoms with van der Waals surface area (Å²) in [6, 6.07) is 17.0. The second-order valence-corrected chi connectivity index (χ2v) is 7.94. The van der Waals surface area contributed by atoms with Gasteiger partial charge in [0.2, 0.25) is 0 Å². The van der Waals surface area contributed by atoms with Gasteiger partial charge in [0.25, 0.3) is 0 Å². The largest absolute Gasteiger partial charge is 0.497 e. The van der Waals surface area contributed by atoms with Crippen LogP contribution < -0.4 is 15.4 Å². The zero-order valence-electron chi connectivity index (χ0n) is 18.9. The van der Waals surface area contributed by atoms with Crippen molar-refractivity contribution < 1.29 is 4.74 Å². The van der Waals surface area contributed by atoms with Gasteiger partial charge in [-0.2, -0.15) is 0 Å². The van der Waals surface area contributed by atoms with Crippen molar-refractivity contribution in [3.8, 4) is 11.4 Å². The van der Waals surface area contributed by atoms with Gasteiger partial charge in [-0.15, -0.1) is 0 Å². The molecular formula is C25H32N6O. The molecule has 32 heavy (non-hydrogen) atoms. The highest BCUT2D eigenvalue weighted by Crippen LogP contribution is 2.27. The number of hydrogen-bond donors (Lipinski definition) is 2. The predicted molar refractivity (Wildman–Crippen MR) is 128 cm³/mol. The standard InChI is InChI=1S/C25H32N6O/c1-26-25(28-17-21-8-3-4-11-23(21)31-15-12-27-19-31)29-18-24(30-13-5-6-14-30)20-9-7-10-22(16-20)32-2/h3-4,7-12,15-16,19,24H,5-6,13-14,17-18H2,1-2H3,(H2,26,28,29). The van der Waals surface area contributed by atoms with Gasteiger partial charge in [-0.25, -0.2) is 4.98 Å². The maximum atomic E-state index is 5.46. The average molecular weight is 433 g/mol. The van der Waals surface area contributed by atoms with Crippen molar-refractivity contribution in [1.82, 2.24) is 25.1 Å². The number of aromatic nitrogens is 2. The second-order valence-electron chi connectivity index (χ2n) is 7.94. The summed E-state index contributed by atoms with van der Waals surface area (Å²) < 4.78 is 7.49. The summed E-state index contributed by atoms with van der Waals surface area (Å²) >= 11 is 0. The molecule has 4 rings (SSSR count). The first kappa shape index (κ1) is 21.9. The summed E-state index contributed by atoms with van der Waals surface area (Å²) in [6.07, 6.45) is 8.07. The fourth-order valence-corrected chi connectivity index (χ4v) is 4.27. The highest BCUT2D eigenvalue weighted by Gasteiger charge is 2.24. The van der Waals surface area contributed by atoms with Gasteiger partial charge in [0.05, 0.1) is 25.2 Å². The first-order valence-corrected chi connectivity index (χ1v) is 11.2. The number of methoxy groups -OCH3 is 1. The summed E-state index contributed by atoms with van der Waals surface area (Å²) in [5, 5.41) is 7.01. The number of imidazole rings is 1. The Balaban J connectivity index is 1.43. The fourth-order valence-electron chi connectivity index (χ4n) is 4.27. The van der Waals surface area contributed by atoms with E-state index in [0.717, 1.165) is 37.0 Å². The molecule has 0 amide bonds. The average Bonchev–Trinajstić information content (AvgIpc) is 3.56. The van der Waals surface area contributed by atoms with Crippen LogP contribution in [-0.4, -0.2) is 54.2 Å². The van der Waals surface area contributed by atoms with Gasteiger partial charge < -0.3 is 19.9 Å². The third-order valence-electron chi connectivity index (χ3n) is 5.97. The number of ether oxygens (including phenoxy) is 1. The van der Waals surface area contributed by atoms with E-state index in [1.165, 1.54) is 24.0 Å². The van der Waals surface area contributed by atoms with Crippen LogP contribution in [-0.2, 0) is 6.54 Å². The van der Waals surface area contributed by atoms with E-state index in [4.69, 9.17) is 4.74 Å². The third-order valence-corrected chi connectivity index (χ3v) is 5.97. The molecule has 168 valence electrons. The molecule has 1 atom stereocenters. The molecule has 1 fully saturated rings. The Morgan fingerprint density at radius 3 is 2.72 bits per heavy atom. The topological polar surface area (TPSA) is 66.7 Å². The van der Waals surface area contributed by atoms with E-state index >= 15 is 0 Å². The van der Waals surface area contributed by atoms with Gasteiger partial charge >= 0.3 is 0 Å². The number of para-hydroxylation sites is 1. The Kier molecular flexibility index (Phi) is 7.40. The van der Waals surface area contributed by atoms with Crippen LogP contribution in [0.3, 0.4) is 0 Å². The molecule has 0 aliphatic carbocycles. The van der Waals surface area contributed by atoms with Gasteiger partial charge in [-0.1, -0.05) is 30.3 Å². The number of hydrogen-bond acceptors (Lipinski definition) is 4. The smallest absolute Gasteiger partial charge is 0.191 e. The molecule has 1 unspecified atom stereocenters. The quantitative estimate of drug-likeness (QED) is 0.422. The Bertz CT molecular complexity index is 1010. The van der Waals surface area contributed by atoms with E-state index in [0.29, 0.717) is 6.54 Å². The first-order valence-electron chi connectivity index (χ1n) is 11.2. The molecule has 0 saturated carbocycles. The maximum absolute atomic E-state index is 5.46. The summed E-state index contributed by atoms with van der Waals surface area (Å²) in [5.41, 5.74) is 3.55. The van der Waals surface area contributed by atoms with Crippen molar-refractivity contribution in [2.45, 2.75) is 25.4 Å². The predicted octanol–water partition coefficient (Wildman–Crippen LogP) is 3.38. The summed E-state index contributed by atoms with van der Waals surface area (Å²) in [4.78, 5) is 11.2. The van der Waals surface area contributed by atoms with Crippen LogP contribution in [0.5, 0.6) is 5.75 Å². The van der Waals surface area contributed by atoms with E-state index in [9.17, 15) is 0 Å². The first-order chi connectivity index (χ1) is 15.8. The fraction of sp³-hybridized carbons (Fsp3) is 0.360. The molecule has 2 N–H and O–H groups in total. The normalized spacial score (nSPS) is 15.5. The zero-order valence-corrected chi connectivity index (χ0v) is 18.9. The van der Waals surface area contributed by atoms with Crippen LogP contribution in [0.2, 0.25) is 0 Å². The zero-order chi connectivity index (χ0) is 22.2. The van der Waals surface area contributed by atoms with Gasteiger partial charge in [0, 0.05) is 32.5 Å². The molecule has 0 bridgehead atoms. The molecule has 1 aliphatic rings. The van der Waals surface area contributed by atoms with Gasteiger partial charge in [0.1, 0.15) is 5.75 Å². The lowest BCUT2D eigenvalue weighted by molar-refractivity contribution is 0.245. The second kappa shape index (κ2) is 10.8. The van der Waals surface area contributed by atoms with Crippen LogP contribution >= 0.6 is 0 Å². The molecule has 7 nitrogen and oxygen atoms in total. The Morgan fingerprint density at radius 1 is 1.12 bits per heavy atom. The van der Waals surface area contributed by atoms with Crippen molar-refractivity contribution >= 4 is 5.96 Å². The minimum atomic E-state index is 0.268. The minimum Gasteiger partial charge on any atom is -0.497 e. The lowest BCUT2D eigenvalue weighted by Gasteiger charge is -2.29. The number of rotatable bonds is 8. The van der Waals surface area contributed by atoms with Crippen LogP contribution in [0, 0.1) is 0 Å². The molecular weight excluding hydrogens is 400 g/mol. The molecule has 1 saturated heterocycles. The van der Waals surface area contributed by atoms with Gasteiger partial charge in [-0.3, -0.25) is 9.89 Å². The lowest BCUT2D eigenvalue weighted by atomic mass is 10.1. The number of guanidine groups is 1. The molecule has 1 aromatic heterocycles. The molecule has 0 spiro atoms. The van der Waals surface area contributed by atoms with Crippen LogP contribution in [0.1, 0.15) is 30.0 Å². The number of benzene rings is 2. The van der Waals surface area contributed by atoms with Crippen molar-refractivity contribution in [1.29, 1.82) is 0 Å². The summed E-state index contributed by atoms with van der Waals surface area (Å²) in [5.74, 6) is 1.68. The van der Waals surface area contributed by atoms with Crippen molar-refractivity contribution in [3.05, 3.63) is 78.4 Å². The maximum Gasteiger partial charge on any atom is 0.191 e. The molecule has 2 heterocycles. The van der Waals surface area contributed by atoms with Gasteiger partial charge in [-0.05, 0) is 55.3 Å². The number of nitrogens with zero attached hydrogens (tertiary/aromatic N) is 4. The highest BCUT2D eigenvalue weighted by atomic mass is 16.5. The van der Waals surface area contributed by atoms with E-state index in [2.05, 4.69) is 61.9 Å². The third kappa shape index (κ3) is 5.29. The Labute approximate surface area is 190 Å². The SMILES string of the molecule is CN=C(NCc1ccccc1-n1ccnc1)NCC(c1cccc(OC)c1)N1CCCC1. The molecule has 3 aromatic rings. The molecule has 1 aliphatic heterocycles. The van der Waals surface area contributed by atoms with E-state index in [-0.39, 0.29) is 6.04 Å². The Morgan fingerprint density at radius 2 is 1.97 bits per heavy atom. The summed E-state index contributed by atoms with van der Waals surface area (Å²) in [7, 11) is 3.53. The van der Waals surface area contributed by atoms with Crippen molar-refractivity contribution in [3.63, 3.8) is 0 Å². The van der Waals surface area contributed by atoms with Crippen LogP contribution in [0.25, 0.3) is 5.69 Å². The Hall–Kier alpha value is -3.32. The molecule has 2 aromatic carbocycles. The highest BCUT2D eigenvalue weighted by molar-refractivity contribution is 5.79. The monoisotopic (exact) mass is 432 g/mol. The number of nitrogens with one attached hydrogen (secondary N) is 2. The number of aliphatic imine (C=N–C) groups is 1. The minimum absolute atomic E-state index is 0.268. The molecule has 0 radical (unpaired) electrons. The lowest BCUT2D eigenvalue weighted by Crippen LogP contribution is -2.42. The van der Waals surface area contributed by atoms with Gasteiger partial charge in [0.15, 0.2) is 5.96 Å². The van der Waals surface area contributed by atoms with Crippen molar-refractivity contribution in [2.24, 2.45) is 4.99 Å². The molecule has 7 heteroatoms. The summed E-state index contributed by atoms with van der Waals surface area (Å²) in [6.45, 7) is 3.68. The van der Waals surface area contributed by atoms with E-state index < -0.39 is 0 Å². The van der Waals surface area contributed by atoms with E-state index in [1.54, 1.807) is 13.3 Å². The van der Waals surface area contributed by atoms with Crippen LogP contribution in [0.15, 0.2) is 72.2 Å².